The van der Waals surface area contributed by atoms with Crippen molar-refractivity contribution in [1.82, 2.24) is 10.6 Å². The molecule has 2 aliphatic rings. The molecule has 2 saturated heterocycles. The molecule has 0 aromatic heterocycles. The van der Waals surface area contributed by atoms with Gasteiger partial charge in [0.25, 0.3) is 0 Å². The van der Waals surface area contributed by atoms with Crippen LogP contribution in [-0.2, 0) is 9.53 Å². The maximum atomic E-state index is 12.1. The van der Waals surface area contributed by atoms with Gasteiger partial charge in [-0.1, -0.05) is 6.92 Å². The van der Waals surface area contributed by atoms with Gasteiger partial charge in [0.1, 0.15) is 0 Å². The molecule has 0 bridgehead atoms. The zero-order valence-corrected chi connectivity index (χ0v) is 11.1. The zero-order chi connectivity index (χ0) is 13.0. The van der Waals surface area contributed by atoms with E-state index in [1.54, 1.807) is 0 Å². The first-order valence-electron chi connectivity index (χ1n) is 6.92. The van der Waals surface area contributed by atoms with Crippen LogP contribution in [0.2, 0.25) is 0 Å². The summed E-state index contributed by atoms with van der Waals surface area (Å²) >= 11 is 0. The molecule has 2 fully saturated rings. The highest BCUT2D eigenvalue weighted by molar-refractivity contribution is 5.82. The molecule has 3 N–H and O–H groups in total. The first kappa shape index (κ1) is 13.8. The summed E-state index contributed by atoms with van der Waals surface area (Å²) in [5.74, 6) is 0.380. The molecule has 2 heterocycles. The molecule has 1 amide bonds. The minimum absolute atomic E-state index is 0.0158. The number of piperidine rings is 1. The fourth-order valence-electron chi connectivity index (χ4n) is 2.69. The van der Waals surface area contributed by atoms with Crippen molar-refractivity contribution in [2.75, 3.05) is 26.3 Å². The van der Waals surface area contributed by atoms with Gasteiger partial charge in [-0.3, -0.25) is 4.79 Å². The van der Waals surface area contributed by atoms with Crippen LogP contribution < -0.4 is 10.6 Å². The average Bonchev–Trinajstić information content (AvgIpc) is 2.38. The SMILES string of the molecule is CC1CCCNC1C(=O)NCC1(O)CCOCC1. The van der Waals surface area contributed by atoms with Crippen molar-refractivity contribution in [3.05, 3.63) is 0 Å². The van der Waals surface area contributed by atoms with Gasteiger partial charge < -0.3 is 20.5 Å². The molecular formula is C13H24N2O3. The number of ether oxygens (including phenoxy) is 1. The van der Waals surface area contributed by atoms with Crippen molar-refractivity contribution >= 4 is 5.91 Å². The van der Waals surface area contributed by atoms with Crippen LogP contribution in [-0.4, -0.2) is 49.0 Å². The van der Waals surface area contributed by atoms with Gasteiger partial charge in [0.05, 0.1) is 11.6 Å². The van der Waals surface area contributed by atoms with Crippen LogP contribution in [0.5, 0.6) is 0 Å². The summed E-state index contributed by atoms with van der Waals surface area (Å²) in [6, 6.07) is -0.109. The quantitative estimate of drug-likeness (QED) is 0.666. The summed E-state index contributed by atoms with van der Waals surface area (Å²) in [5.41, 5.74) is -0.786. The first-order chi connectivity index (χ1) is 8.61. The largest absolute Gasteiger partial charge is 0.388 e. The number of amides is 1. The van der Waals surface area contributed by atoms with Gasteiger partial charge in [-0.25, -0.2) is 0 Å². The van der Waals surface area contributed by atoms with Crippen LogP contribution in [0.1, 0.15) is 32.6 Å². The number of nitrogens with one attached hydrogen (secondary N) is 2. The summed E-state index contributed by atoms with van der Waals surface area (Å²) in [4.78, 5) is 12.1. The Labute approximate surface area is 108 Å². The highest BCUT2D eigenvalue weighted by atomic mass is 16.5. The summed E-state index contributed by atoms with van der Waals surface area (Å²) < 4.78 is 5.22. The lowest BCUT2D eigenvalue weighted by Crippen LogP contribution is -2.54. The third-order valence-electron chi connectivity index (χ3n) is 4.07. The van der Waals surface area contributed by atoms with E-state index < -0.39 is 5.60 Å². The fourth-order valence-corrected chi connectivity index (χ4v) is 2.69. The normalized spacial score (nSPS) is 31.9. The van der Waals surface area contributed by atoms with Crippen molar-refractivity contribution in [3.63, 3.8) is 0 Å². The number of aliphatic hydroxyl groups is 1. The summed E-state index contributed by atoms with van der Waals surface area (Å²) in [6.07, 6.45) is 3.41. The first-order valence-corrected chi connectivity index (χ1v) is 6.92. The fraction of sp³-hybridized carbons (Fsp3) is 0.923. The molecule has 2 atom stereocenters. The van der Waals surface area contributed by atoms with Gasteiger partial charge in [0, 0.05) is 32.6 Å². The molecular weight excluding hydrogens is 232 g/mol. The van der Waals surface area contributed by atoms with E-state index in [9.17, 15) is 9.90 Å². The number of carbonyl (C=O) groups excluding carboxylic acids is 1. The van der Waals surface area contributed by atoms with Crippen molar-refractivity contribution in [2.24, 2.45) is 5.92 Å². The van der Waals surface area contributed by atoms with E-state index in [4.69, 9.17) is 4.74 Å². The van der Waals surface area contributed by atoms with Gasteiger partial charge in [0.2, 0.25) is 5.91 Å². The topological polar surface area (TPSA) is 70.6 Å². The summed E-state index contributed by atoms with van der Waals surface area (Å²) in [7, 11) is 0. The van der Waals surface area contributed by atoms with E-state index >= 15 is 0 Å². The van der Waals surface area contributed by atoms with Crippen LogP contribution in [0.3, 0.4) is 0 Å². The average molecular weight is 256 g/mol. The van der Waals surface area contributed by atoms with Crippen LogP contribution in [0, 0.1) is 5.92 Å². The summed E-state index contributed by atoms with van der Waals surface area (Å²) in [5, 5.41) is 16.4. The van der Waals surface area contributed by atoms with Gasteiger partial charge in [-0.05, 0) is 25.3 Å². The molecule has 18 heavy (non-hydrogen) atoms. The molecule has 0 saturated carbocycles. The molecule has 104 valence electrons. The highest BCUT2D eigenvalue weighted by Crippen LogP contribution is 2.20. The van der Waals surface area contributed by atoms with Crippen LogP contribution in [0.4, 0.5) is 0 Å². The van der Waals surface area contributed by atoms with E-state index in [0.717, 1.165) is 19.4 Å². The van der Waals surface area contributed by atoms with E-state index in [1.807, 2.05) is 0 Å². The van der Waals surface area contributed by atoms with Gasteiger partial charge >= 0.3 is 0 Å². The van der Waals surface area contributed by atoms with Crippen LogP contribution in [0.25, 0.3) is 0 Å². The Kier molecular flexibility index (Phi) is 4.59. The van der Waals surface area contributed by atoms with Gasteiger partial charge in [-0.2, -0.15) is 0 Å². The number of carbonyl (C=O) groups is 1. The zero-order valence-electron chi connectivity index (χ0n) is 11.1. The molecule has 2 rings (SSSR count). The number of hydrogen-bond acceptors (Lipinski definition) is 4. The molecule has 0 radical (unpaired) electrons. The highest BCUT2D eigenvalue weighted by Gasteiger charge is 2.32. The third-order valence-corrected chi connectivity index (χ3v) is 4.07. The number of rotatable bonds is 3. The smallest absolute Gasteiger partial charge is 0.237 e. The van der Waals surface area contributed by atoms with Crippen LogP contribution in [0.15, 0.2) is 0 Å². The van der Waals surface area contributed by atoms with Crippen molar-refractivity contribution < 1.29 is 14.6 Å². The summed E-state index contributed by atoms with van der Waals surface area (Å²) in [6.45, 7) is 4.48. The Morgan fingerprint density at radius 2 is 2.22 bits per heavy atom. The Hall–Kier alpha value is -0.650. The molecule has 5 nitrogen and oxygen atoms in total. The molecule has 2 unspecified atom stereocenters. The minimum Gasteiger partial charge on any atom is -0.388 e. The Bertz CT molecular complexity index is 290. The molecule has 0 aromatic carbocycles. The van der Waals surface area contributed by atoms with E-state index in [1.165, 1.54) is 0 Å². The Morgan fingerprint density at radius 1 is 1.50 bits per heavy atom. The maximum Gasteiger partial charge on any atom is 0.237 e. The van der Waals surface area contributed by atoms with Crippen molar-refractivity contribution in [2.45, 2.75) is 44.2 Å². The standard InChI is InChI=1S/C13H24N2O3/c1-10-3-2-6-14-11(10)12(16)15-9-13(17)4-7-18-8-5-13/h10-11,14,17H,2-9H2,1H3,(H,15,16). The Balaban J connectivity index is 1.80. The van der Waals surface area contributed by atoms with Crippen molar-refractivity contribution in [1.29, 1.82) is 0 Å². The predicted octanol–water partition coefficient (Wildman–Crippen LogP) is 0.0322. The van der Waals surface area contributed by atoms with E-state index in [-0.39, 0.29) is 11.9 Å². The second-order valence-corrected chi connectivity index (χ2v) is 5.61. The van der Waals surface area contributed by atoms with E-state index in [0.29, 0.717) is 38.5 Å². The molecule has 0 spiro atoms. The third kappa shape index (κ3) is 3.43. The van der Waals surface area contributed by atoms with E-state index in [2.05, 4.69) is 17.6 Å². The van der Waals surface area contributed by atoms with Crippen LogP contribution >= 0.6 is 0 Å². The predicted molar refractivity (Wildman–Crippen MR) is 68.2 cm³/mol. The molecule has 2 aliphatic heterocycles. The number of hydrogen-bond donors (Lipinski definition) is 3. The Morgan fingerprint density at radius 3 is 2.89 bits per heavy atom. The minimum atomic E-state index is -0.786. The lowest BCUT2D eigenvalue weighted by atomic mass is 9.91. The monoisotopic (exact) mass is 256 g/mol. The lowest BCUT2D eigenvalue weighted by Gasteiger charge is -2.34. The molecule has 5 heteroatoms. The van der Waals surface area contributed by atoms with Gasteiger partial charge in [0.15, 0.2) is 0 Å². The lowest BCUT2D eigenvalue weighted by molar-refractivity contribution is -0.127. The maximum absolute atomic E-state index is 12.1. The second-order valence-electron chi connectivity index (χ2n) is 5.61. The van der Waals surface area contributed by atoms with Crippen molar-refractivity contribution in [3.8, 4) is 0 Å². The van der Waals surface area contributed by atoms with Gasteiger partial charge in [-0.15, -0.1) is 0 Å². The second kappa shape index (κ2) is 5.99. The molecule has 0 aromatic rings. The molecule has 0 aliphatic carbocycles.